The lowest BCUT2D eigenvalue weighted by atomic mass is 10.1. The first kappa shape index (κ1) is 30.6. The molecule has 11 heteroatoms. The molecule has 0 fully saturated rings. The normalized spacial score (nSPS) is 9.64. The van der Waals surface area contributed by atoms with Crippen molar-refractivity contribution >= 4 is 57.8 Å². The molecule has 0 spiro atoms. The van der Waals surface area contributed by atoms with Crippen molar-refractivity contribution < 1.29 is 24.2 Å². The van der Waals surface area contributed by atoms with E-state index >= 15 is 0 Å². The number of nitrogens with two attached hydrogens (primary N) is 3. The Morgan fingerprint density at radius 3 is 1.56 bits per heavy atom. The zero-order valence-electron chi connectivity index (χ0n) is 21.2. The minimum atomic E-state index is -1.10. The van der Waals surface area contributed by atoms with Gasteiger partial charge in [-0.15, -0.1) is 0 Å². The number of carbonyl (C=O) groups excluding carboxylic acids is 1. The molecule has 1 amide bonds. The number of ether oxygens (including phenoxy) is 2. The van der Waals surface area contributed by atoms with Crippen LogP contribution in [-0.4, -0.2) is 31.2 Å². The maximum atomic E-state index is 12.2. The molecule has 0 atom stereocenters. The van der Waals surface area contributed by atoms with Gasteiger partial charge in [-0.1, -0.05) is 59.6 Å². The maximum Gasteiger partial charge on any atom is 0.339 e. The Balaban J connectivity index is 0.000000226. The molecule has 0 saturated heterocycles. The van der Waals surface area contributed by atoms with Gasteiger partial charge in [-0.05, 0) is 48.5 Å². The highest BCUT2D eigenvalue weighted by Gasteiger charge is 2.15. The van der Waals surface area contributed by atoms with Gasteiger partial charge >= 0.3 is 5.97 Å². The molecule has 0 aliphatic heterocycles. The summed E-state index contributed by atoms with van der Waals surface area (Å²) in [4.78, 5) is 22.7. The van der Waals surface area contributed by atoms with Gasteiger partial charge in [-0.2, -0.15) is 0 Å². The minimum absolute atomic E-state index is 0.0332. The van der Waals surface area contributed by atoms with E-state index in [1.807, 2.05) is 24.3 Å². The van der Waals surface area contributed by atoms with E-state index in [1.54, 1.807) is 55.6 Å². The molecule has 0 saturated carbocycles. The van der Waals surface area contributed by atoms with Gasteiger partial charge in [0.2, 0.25) is 0 Å². The first-order chi connectivity index (χ1) is 18.6. The summed E-state index contributed by atoms with van der Waals surface area (Å²) < 4.78 is 10.1. The van der Waals surface area contributed by atoms with Gasteiger partial charge in [0.25, 0.3) is 5.91 Å². The number of carbonyl (C=O) groups is 2. The lowest BCUT2D eigenvalue weighted by Gasteiger charge is -2.11. The number of methoxy groups -OCH3 is 2. The summed E-state index contributed by atoms with van der Waals surface area (Å²) in [6.45, 7) is 0. The molecule has 0 heterocycles. The molecule has 0 aliphatic rings. The van der Waals surface area contributed by atoms with Crippen LogP contribution >= 0.6 is 23.2 Å². The predicted octanol–water partition coefficient (Wildman–Crippen LogP) is 6.08. The smallest absolute Gasteiger partial charge is 0.339 e. The van der Waals surface area contributed by atoms with E-state index in [4.69, 9.17) is 55.0 Å². The van der Waals surface area contributed by atoms with Crippen molar-refractivity contribution in [3.8, 4) is 11.5 Å². The average molecular weight is 571 g/mol. The molecule has 4 aromatic carbocycles. The van der Waals surface area contributed by atoms with E-state index < -0.39 is 5.97 Å². The Bertz CT molecular complexity index is 1390. The predicted molar refractivity (Wildman–Crippen MR) is 157 cm³/mol. The Kier molecular flexibility index (Phi) is 11.8. The van der Waals surface area contributed by atoms with Crippen LogP contribution in [0.15, 0.2) is 84.9 Å². The van der Waals surface area contributed by atoms with Crippen molar-refractivity contribution in [2.45, 2.75) is 0 Å². The lowest BCUT2D eigenvalue weighted by Crippen LogP contribution is -2.15. The third kappa shape index (κ3) is 8.74. The van der Waals surface area contributed by atoms with Gasteiger partial charge in [0.1, 0.15) is 17.1 Å². The number of hydrogen-bond donors (Lipinski definition) is 5. The zero-order chi connectivity index (χ0) is 28.9. The molecule has 39 heavy (non-hydrogen) atoms. The van der Waals surface area contributed by atoms with E-state index in [0.29, 0.717) is 27.8 Å². The third-order valence-corrected chi connectivity index (χ3v) is 5.66. The first-order valence-corrected chi connectivity index (χ1v) is 12.0. The Morgan fingerprint density at radius 1 is 0.667 bits per heavy atom. The van der Waals surface area contributed by atoms with Crippen molar-refractivity contribution in [2.75, 3.05) is 36.7 Å². The number of rotatable bonds is 5. The summed E-state index contributed by atoms with van der Waals surface area (Å²) in [6, 6.07) is 24.0. The third-order valence-electron chi connectivity index (χ3n) is 5.03. The van der Waals surface area contributed by atoms with Crippen molar-refractivity contribution in [3.63, 3.8) is 0 Å². The highest BCUT2D eigenvalue weighted by atomic mass is 35.5. The summed E-state index contributed by atoms with van der Waals surface area (Å²) in [5.74, 6) is -0.167. The standard InChI is InChI=1S/C14H13ClN2O2.C7H6ClNO2.C7H9NO/c1-19-12-8-3-2-7-11(12)17-14(18)13-9(15)5-4-6-10(13)16;8-4-2-1-3-5(9)6(4)7(10)11;1-9-7-5-3-2-4-6(7)8/h2-8H,16H2,1H3,(H,17,18);1-3H,9H2,(H,10,11);2-5H,8H2,1H3. The molecule has 204 valence electrons. The first-order valence-electron chi connectivity index (χ1n) is 11.2. The molecule has 9 nitrogen and oxygen atoms in total. The number of anilines is 4. The summed E-state index contributed by atoms with van der Waals surface area (Å²) in [6.07, 6.45) is 0. The quantitative estimate of drug-likeness (QED) is 0.180. The Morgan fingerprint density at radius 2 is 1.13 bits per heavy atom. The van der Waals surface area contributed by atoms with Crippen LogP contribution in [0.5, 0.6) is 11.5 Å². The van der Waals surface area contributed by atoms with Crippen LogP contribution in [0.1, 0.15) is 20.7 Å². The number of nitrogens with one attached hydrogen (secondary N) is 1. The Labute approximate surface area is 236 Å². The summed E-state index contributed by atoms with van der Waals surface area (Å²) in [7, 11) is 3.14. The van der Waals surface area contributed by atoms with Crippen molar-refractivity contribution in [1.29, 1.82) is 0 Å². The minimum Gasteiger partial charge on any atom is -0.495 e. The van der Waals surface area contributed by atoms with Crippen LogP contribution in [0.4, 0.5) is 22.7 Å². The summed E-state index contributed by atoms with van der Waals surface area (Å²) in [5, 5.41) is 11.8. The van der Waals surface area contributed by atoms with Gasteiger partial charge in [0.05, 0.1) is 41.2 Å². The number of carboxylic acids is 1. The number of aromatic carboxylic acids is 1. The number of carboxylic acid groups (broad SMARTS) is 1. The van der Waals surface area contributed by atoms with Gasteiger partial charge < -0.3 is 37.1 Å². The van der Waals surface area contributed by atoms with Crippen LogP contribution in [0, 0.1) is 0 Å². The zero-order valence-corrected chi connectivity index (χ0v) is 22.7. The molecule has 0 aromatic heterocycles. The van der Waals surface area contributed by atoms with E-state index in [9.17, 15) is 9.59 Å². The van der Waals surface area contributed by atoms with Crippen molar-refractivity contribution in [1.82, 2.24) is 0 Å². The van der Waals surface area contributed by atoms with E-state index in [1.165, 1.54) is 19.2 Å². The molecular formula is C28H28Cl2N4O5. The molecule has 8 N–H and O–H groups in total. The van der Waals surface area contributed by atoms with Crippen LogP contribution in [-0.2, 0) is 0 Å². The largest absolute Gasteiger partial charge is 0.495 e. The van der Waals surface area contributed by atoms with Crippen LogP contribution in [0.2, 0.25) is 10.0 Å². The van der Waals surface area contributed by atoms with E-state index in [2.05, 4.69) is 5.32 Å². The fourth-order valence-electron chi connectivity index (χ4n) is 3.15. The number of hydrogen-bond acceptors (Lipinski definition) is 7. The maximum absolute atomic E-state index is 12.2. The highest BCUT2D eigenvalue weighted by Crippen LogP contribution is 2.27. The van der Waals surface area contributed by atoms with E-state index in [-0.39, 0.29) is 27.7 Å². The summed E-state index contributed by atoms with van der Waals surface area (Å²) >= 11 is 11.6. The Hall–Kier alpha value is -4.60. The van der Waals surface area contributed by atoms with Crippen molar-refractivity contribution in [3.05, 3.63) is 106 Å². The lowest BCUT2D eigenvalue weighted by molar-refractivity contribution is 0.0698. The fourth-order valence-corrected chi connectivity index (χ4v) is 3.68. The van der Waals surface area contributed by atoms with Gasteiger partial charge in [-0.3, -0.25) is 4.79 Å². The van der Waals surface area contributed by atoms with Crippen LogP contribution < -0.4 is 32.0 Å². The van der Waals surface area contributed by atoms with Crippen LogP contribution in [0.3, 0.4) is 0 Å². The molecule has 0 unspecified atom stereocenters. The molecule has 0 radical (unpaired) electrons. The number of nitrogen functional groups attached to an aromatic ring is 3. The average Bonchev–Trinajstić information content (AvgIpc) is 2.90. The van der Waals surface area contributed by atoms with Gasteiger partial charge in [0.15, 0.2) is 0 Å². The summed E-state index contributed by atoms with van der Waals surface area (Å²) in [5.41, 5.74) is 18.6. The molecular weight excluding hydrogens is 543 g/mol. The highest BCUT2D eigenvalue weighted by molar-refractivity contribution is 6.35. The second-order valence-electron chi connectivity index (χ2n) is 7.61. The fraction of sp³-hybridized carbons (Fsp3) is 0.0714. The molecule has 4 aromatic rings. The van der Waals surface area contributed by atoms with Gasteiger partial charge in [0, 0.05) is 11.4 Å². The van der Waals surface area contributed by atoms with Crippen LogP contribution in [0.25, 0.3) is 0 Å². The number of para-hydroxylation sites is 4. The number of benzene rings is 4. The monoisotopic (exact) mass is 570 g/mol. The van der Waals surface area contributed by atoms with E-state index in [0.717, 1.165) is 5.75 Å². The second-order valence-corrected chi connectivity index (χ2v) is 8.42. The number of halogens is 2. The topological polar surface area (TPSA) is 163 Å². The number of amides is 1. The molecule has 0 aliphatic carbocycles. The molecule has 0 bridgehead atoms. The SMILES string of the molecule is COc1ccccc1N.COc1ccccc1NC(=O)c1c(N)cccc1Cl.Nc1cccc(Cl)c1C(=O)O. The van der Waals surface area contributed by atoms with Gasteiger partial charge in [-0.25, -0.2) is 4.79 Å². The van der Waals surface area contributed by atoms with Crippen molar-refractivity contribution in [2.24, 2.45) is 0 Å². The second kappa shape index (κ2) is 15.0. The molecule has 4 rings (SSSR count).